The van der Waals surface area contributed by atoms with Crippen molar-refractivity contribution in [3.05, 3.63) is 182 Å². The van der Waals surface area contributed by atoms with E-state index >= 15 is 0 Å². The number of hydrogen-bond donors (Lipinski definition) is 0. The Balaban J connectivity index is 0.000000224. The van der Waals surface area contributed by atoms with Crippen molar-refractivity contribution in [3.8, 4) is 51.0 Å². The molecule has 51 heavy (non-hydrogen) atoms. The Morgan fingerprint density at radius 2 is 0.784 bits per heavy atom. The molecular formula is C42H31F3O5Y-2. The molecule has 0 atom stereocenters. The van der Waals surface area contributed by atoms with Crippen molar-refractivity contribution in [1.82, 2.24) is 0 Å². The summed E-state index contributed by atoms with van der Waals surface area (Å²) in [6.45, 7) is 3.31. The fourth-order valence-corrected chi connectivity index (χ4v) is 4.50. The summed E-state index contributed by atoms with van der Waals surface area (Å²) in [5.74, 6) is 3.25. The van der Waals surface area contributed by atoms with Crippen molar-refractivity contribution < 1.29 is 69.6 Å². The van der Waals surface area contributed by atoms with Crippen LogP contribution in [0.2, 0.25) is 0 Å². The maximum absolute atomic E-state index is 12.6. The molecule has 0 aromatic heterocycles. The second-order valence-electron chi connectivity index (χ2n) is 10.4. The largest absolute Gasteiger partial charge is 0.483 e. The molecular weight excluding hydrogens is 730 g/mol. The number of halogens is 3. The van der Waals surface area contributed by atoms with Crippen LogP contribution in [0.5, 0.6) is 28.7 Å². The van der Waals surface area contributed by atoms with Gasteiger partial charge in [0.05, 0.1) is 0 Å². The molecule has 9 heteroatoms. The zero-order chi connectivity index (χ0) is 35.0. The van der Waals surface area contributed by atoms with E-state index in [4.69, 9.17) is 23.7 Å². The van der Waals surface area contributed by atoms with Crippen molar-refractivity contribution in [2.24, 2.45) is 0 Å². The van der Waals surface area contributed by atoms with Crippen molar-refractivity contribution in [1.29, 1.82) is 0 Å². The minimum absolute atomic E-state index is 0. The Hall–Kier alpha value is -5.31. The second kappa shape index (κ2) is 20.4. The third-order valence-corrected chi connectivity index (χ3v) is 6.92. The first-order valence-electron chi connectivity index (χ1n) is 15.3. The predicted octanol–water partition coefficient (Wildman–Crippen LogP) is 11.2. The van der Waals surface area contributed by atoms with E-state index in [2.05, 4.69) is 18.7 Å². The van der Waals surface area contributed by atoms with E-state index in [-0.39, 0.29) is 46.3 Å². The Kier molecular flexibility index (Phi) is 15.4. The van der Waals surface area contributed by atoms with Crippen LogP contribution in [-0.2, 0) is 32.7 Å². The molecule has 0 fully saturated rings. The average molecular weight is 762 g/mol. The molecule has 0 saturated heterocycles. The summed E-state index contributed by atoms with van der Waals surface area (Å²) >= 11 is 0. The van der Waals surface area contributed by atoms with Crippen LogP contribution < -0.4 is 23.7 Å². The molecule has 0 N–H and O–H groups in total. The molecule has 6 aromatic rings. The van der Waals surface area contributed by atoms with Crippen LogP contribution >= 0.6 is 0 Å². The first-order chi connectivity index (χ1) is 24.4. The Bertz CT molecular complexity index is 1930. The van der Waals surface area contributed by atoms with Crippen LogP contribution in [0.1, 0.15) is 5.56 Å². The van der Waals surface area contributed by atoms with Crippen molar-refractivity contribution in [2.75, 3.05) is 13.6 Å². The van der Waals surface area contributed by atoms with Crippen LogP contribution in [0.15, 0.2) is 164 Å². The summed E-state index contributed by atoms with van der Waals surface area (Å²) in [6.07, 6.45) is -0.865. The van der Waals surface area contributed by atoms with E-state index in [9.17, 15) is 13.2 Å². The van der Waals surface area contributed by atoms with Gasteiger partial charge in [-0.05, 0) is 70.8 Å². The van der Waals surface area contributed by atoms with Crippen molar-refractivity contribution in [2.45, 2.75) is 0 Å². The first kappa shape index (κ1) is 38.5. The topological polar surface area (TPSA) is 46.2 Å². The molecule has 0 unspecified atom stereocenters. The van der Waals surface area contributed by atoms with Gasteiger partial charge in [0.25, 0.3) is 12.1 Å². The molecule has 0 bridgehead atoms. The monoisotopic (exact) mass is 761 g/mol. The normalized spacial score (nSPS) is 9.94. The van der Waals surface area contributed by atoms with Gasteiger partial charge in [0.2, 0.25) is 13.6 Å². The summed E-state index contributed by atoms with van der Waals surface area (Å²) in [7, 11) is 0. The van der Waals surface area contributed by atoms with Crippen LogP contribution in [0, 0.1) is 12.1 Å². The van der Waals surface area contributed by atoms with E-state index in [0.717, 1.165) is 34.1 Å². The Morgan fingerprint density at radius 1 is 0.471 bits per heavy atom. The van der Waals surface area contributed by atoms with E-state index in [1.807, 2.05) is 72.8 Å². The molecule has 0 aliphatic heterocycles. The zero-order valence-corrected chi connectivity index (χ0v) is 30.1. The third kappa shape index (κ3) is 13.2. The third-order valence-electron chi connectivity index (χ3n) is 6.92. The van der Waals surface area contributed by atoms with Gasteiger partial charge in [0.15, 0.2) is 0 Å². The molecule has 0 saturated carbocycles. The standard InChI is InChI=1S/C21H15F2O2.C21H16FO3.Y/c22-21(23)14-16-6-8-17(9-7-16)18-10-12-20(13-11-18)25-15-24-19-4-2-1-3-5-19;1-16(22)25-21-13-9-18(10-14-21)17-7-11-20(12-8-17)24-15-23-19-5-3-2-4-6-19;/h2-14H,15H2;3-14H,1,15H2;/q2*-1;. The summed E-state index contributed by atoms with van der Waals surface area (Å²) in [5, 5.41) is 0. The minimum atomic E-state index is -1.70. The molecule has 1 radical (unpaired) electrons. The van der Waals surface area contributed by atoms with Crippen molar-refractivity contribution >= 4 is 6.08 Å². The molecule has 6 rings (SSSR count). The fraction of sp³-hybridized carbons (Fsp3) is 0.0476. The van der Waals surface area contributed by atoms with E-state index < -0.39 is 12.1 Å². The zero-order valence-electron chi connectivity index (χ0n) is 27.3. The van der Waals surface area contributed by atoms with Crippen LogP contribution in [-0.4, -0.2) is 13.6 Å². The number of hydrogen-bond acceptors (Lipinski definition) is 5. The van der Waals surface area contributed by atoms with E-state index in [1.54, 1.807) is 72.8 Å². The van der Waals surface area contributed by atoms with Gasteiger partial charge in [-0.25, -0.2) is 0 Å². The van der Waals surface area contributed by atoms with Gasteiger partial charge < -0.3 is 23.7 Å². The molecule has 0 aliphatic rings. The summed E-state index contributed by atoms with van der Waals surface area (Å²) in [6, 6.07) is 48.5. The molecule has 5 nitrogen and oxygen atoms in total. The second-order valence-corrected chi connectivity index (χ2v) is 10.4. The minimum Gasteiger partial charge on any atom is -0.483 e. The van der Waals surface area contributed by atoms with E-state index in [1.165, 1.54) is 0 Å². The molecule has 0 amide bonds. The molecule has 0 aliphatic carbocycles. The van der Waals surface area contributed by atoms with Gasteiger partial charge >= 0.3 is 0 Å². The summed E-state index contributed by atoms with van der Waals surface area (Å²) in [5.41, 5.74) is 4.39. The Labute approximate surface area is 320 Å². The van der Waals surface area contributed by atoms with Gasteiger partial charge in [0.1, 0.15) is 17.2 Å². The van der Waals surface area contributed by atoms with Gasteiger partial charge in [-0.2, -0.15) is 49.6 Å². The number of rotatable bonds is 13. The van der Waals surface area contributed by atoms with Crippen molar-refractivity contribution in [3.63, 3.8) is 0 Å². The fourth-order valence-electron chi connectivity index (χ4n) is 4.50. The SMILES string of the molecule is C=C(F)Oc1ccc(-c2ccc(OCOc3cc[c-]cc3)cc2)cc1.FC(F)=Cc1ccc(-c2ccc(OCOc3cc[c-]cc3)cc2)cc1.[Y]. The maximum Gasteiger partial charge on any atom is 0.270 e. The Morgan fingerprint density at radius 3 is 1.12 bits per heavy atom. The number of ether oxygens (including phenoxy) is 5. The maximum atomic E-state index is 12.6. The van der Waals surface area contributed by atoms with Crippen LogP contribution in [0.3, 0.4) is 0 Å². The van der Waals surface area contributed by atoms with Gasteiger partial charge in [-0.3, -0.25) is 0 Å². The molecule has 0 heterocycles. The van der Waals surface area contributed by atoms with Crippen LogP contribution in [0.4, 0.5) is 13.2 Å². The molecule has 255 valence electrons. The summed E-state index contributed by atoms with van der Waals surface area (Å²) < 4.78 is 63.9. The van der Waals surface area contributed by atoms with Gasteiger partial charge in [0, 0.05) is 50.3 Å². The van der Waals surface area contributed by atoms with Crippen LogP contribution in [0.25, 0.3) is 28.3 Å². The van der Waals surface area contributed by atoms with Gasteiger partial charge in [-0.1, -0.05) is 60.7 Å². The smallest absolute Gasteiger partial charge is 0.270 e. The average Bonchev–Trinajstić information content (AvgIpc) is 3.14. The molecule has 6 aromatic carbocycles. The number of benzene rings is 6. The van der Waals surface area contributed by atoms with E-state index in [0.29, 0.717) is 28.6 Å². The molecule has 0 spiro atoms. The first-order valence-corrected chi connectivity index (χ1v) is 15.3. The predicted molar refractivity (Wildman–Crippen MR) is 188 cm³/mol. The van der Waals surface area contributed by atoms with Gasteiger partial charge in [-0.15, -0.1) is 24.3 Å². The quantitative estimate of drug-likeness (QED) is 0.0666. The summed E-state index contributed by atoms with van der Waals surface area (Å²) in [4.78, 5) is 0.